The van der Waals surface area contributed by atoms with Gasteiger partial charge in [0.05, 0.1) is 11.4 Å². The number of rotatable bonds is 2. The van der Waals surface area contributed by atoms with E-state index in [4.69, 9.17) is 5.73 Å². The monoisotopic (exact) mass is 202 g/mol. The van der Waals surface area contributed by atoms with Crippen LogP contribution in [0.25, 0.3) is 0 Å². The highest BCUT2D eigenvalue weighted by Gasteiger charge is 2.10. The first kappa shape index (κ1) is 10.1. The van der Waals surface area contributed by atoms with Crippen LogP contribution in [0.3, 0.4) is 0 Å². The molecule has 80 valence electrons. The number of hydrogen-bond donors (Lipinski definition) is 2. The molecule has 3 N–H and O–H groups in total. The molecule has 0 spiro atoms. The largest absolute Gasteiger partial charge is 0.397 e. The number of allylic oxidation sites excluding steroid dienone is 1. The lowest BCUT2D eigenvalue weighted by molar-refractivity contribution is 0.645. The lowest BCUT2D eigenvalue weighted by Crippen LogP contribution is -2.20. The highest BCUT2D eigenvalue weighted by atomic mass is 14.9. The molecule has 2 rings (SSSR count). The first-order valence-electron chi connectivity index (χ1n) is 5.53. The number of nitrogen functional groups attached to an aromatic ring is 1. The molecule has 1 unspecified atom stereocenters. The fourth-order valence-electron chi connectivity index (χ4n) is 1.96. The standard InChI is InChI=1S/C13H18N2/c1-10-7-8-13(12(14)9-10)15-11-5-3-2-4-6-11/h2-3,7-9,11,15H,4-6,14H2,1H3. The molecule has 0 bridgehead atoms. The first-order chi connectivity index (χ1) is 7.25. The maximum atomic E-state index is 5.96. The molecule has 2 nitrogen and oxygen atoms in total. The predicted molar refractivity (Wildman–Crippen MR) is 66.0 cm³/mol. The van der Waals surface area contributed by atoms with Gasteiger partial charge < -0.3 is 11.1 Å². The van der Waals surface area contributed by atoms with Gasteiger partial charge in [0, 0.05) is 6.04 Å². The van der Waals surface area contributed by atoms with Gasteiger partial charge >= 0.3 is 0 Å². The third kappa shape index (κ3) is 2.52. The molecule has 1 aliphatic rings. The van der Waals surface area contributed by atoms with Gasteiger partial charge in [0.25, 0.3) is 0 Å². The molecule has 0 aromatic heterocycles. The fourth-order valence-corrected chi connectivity index (χ4v) is 1.96. The van der Waals surface area contributed by atoms with Crippen molar-refractivity contribution in [1.82, 2.24) is 0 Å². The summed E-state index contributed by atoms with van der Waals surface area (Å²) in [7, 11) is 0. The van der Waals surface area contributed by atoms with Crippen LogP contribution in [0, 0.1) is 6.92 Å². The number of hydrogen-bond acceptors (Lipinski definition) is 2. The quantitative estimate of drug-likeness (QED) is 0.571. The van der Waals surface area contributed by atoms with Crippen molar-refractivity contribution in [3.05, 3.63) is 35.9 Å². The Hall–Kier alpha value is -1.44. The van der Waals surface area contributed by atoms with Gasteiger partial charge in [0.15, 0.2) is 0 Å². The van der Waals surface area contributed by atoms with Crippen LogP contribution in [0.2, 0.25) is 0 Å². The minimum atomic E-state index is 0.542. The molecule has 0 saturated heterocycles. The summed E-state index contributed by atoms with van der Waals surface area (Å²) in [6, 6.07) is 6.72. The third-order valence-corrected chi connectivity index (χ3v) is 2.84. The van der Waals surface area contributed by atoms with E-state index in [-0.39, 0.29) is 0 Å². The molecule has 0 amide bonds. The van der Waals surface area contributed by atoms with Crippen LogP contribution >= 0.6 is 0 Å². The highest BCUT2D eigenvalue weighted by Crippen LogP contribution is 2.23. The molecule has 1 aromatic rings. The maximum absolute atomic E-state index is 5.96. The van der Waals surface area contributed by atoms with E-state index in [0.29, 0.717) is 6.04 Å². The fraction of sp³-hybridized carbons (Fsp3) is 0.385. The zero-order valence-electron chi connectivity index (χ0n) is 9.16. The van der Waals surface area contributed by atoms with Crippen LogP contribution < -0.4 is 11.1 Å². The summed E-state index contributed by atoms with van der Waals surface area (Å²) in [4.78, 5) is 0. The Bertz CT molecular complexity index is 369. The molecule has 2 heteroatoms. The van der Waals surface area contributed by atoms with Crippen LogP contribution in [-0.2, 0) is 0 Å². The van der Waals surface area contributed by atoms with Crippen molar-refractivity contribution in [2.75, 3.05) is 11.1 Å². The van der Waals surface area contributed by atoms with Crippen molar-refractivity contribution in [2.45, 2.75) is 32.2 Å². The topological polar surface area (TPSA) is 38.0 Å². The minimum Gasteiger partial charge on any atom is -0.397 e. The number of nitrogens with two attached hydrogens (primary N) is 1. The van der Waals surface area contributed by atoms with Crippen LogP contribution in [0.1, 0.15) is 24.8 Å². The average molecular weight is 202 g/mol. The maximum Gasteiger partial charge on any atom is 0.0576 e. The lowest BCUT2D eigenvalue weighted by Gasteiger charge is -2.21. The van der Waals surface area contributed by atoms with Gasteiger partial charge in [-0.3, -0.25) is 0 Å². The van der Waals surface area contributed by atoms with E-state index in [2.05, 4.69) is 36.5 Å². The van der Waals surface area contributed by atoms with Crippen LogP contribution in [0.5, 0.6) is 0 Å². The minimum absolute atomic E-state index is 0.542. The number of benzene rings is 1. The Morgan fingerprint density at radius 3 is 2.87 bits per heavy atom. The van der Waals surface area contributed by atoms with Gasteiger partial charge in [0.2, 0.25) is 0 Å². The molecule has 0 aliphatic heterocycles. The van der Waals surface area contributed by atoms with Gasteiger partial charge in [-0.25, -0.2) is 0 Å². The van der Waals surface area contributed by atoms with Crippen molar-refractivity contribution in [1.29, 1.82) is 0 Å². The van der Waals surface area contributed by atoms with Crippen molar-refractivity contribution in [3.8, 4) is 0 Å². The first-order valence-corrected chi connectivity index (χ1v) is 5.53. The Balaban J connectivity index is 2.06. The Kier molecular flexibility index (Phi) is 2.95. The summed E-state index contributed by atoms with van der Waals surface area (Å²) in [6.07, 6.45) is 7.96. The molecule has 0 heterocycles. The molecule has 1 atom stereocenters. The van der Waals surface area contributed by atoms with E-state index < -0.39 is 0 Å². The van der Waals surface area contributed by atoms with Crippen molar-refractivity contribution in [2.24, 2.45) is 0 Å². The lowest BCUT2D eigenvalue weighted by atomic mass is 10.0. The molecule has 1 aromatic carbocycles. The van der Waals surface area contributed by atoms with E-state index in [0.717, 1.165) is 17.8 Å². The van der Waals surface area contributed by atoms with Gasteiger partial charge in [0.1, 0.15) is 0 Å². The summed E-state index contributed by atoms with van der Waals surface area (Å²) < 4.78 is 0. The van der Waals surface area contributed by atoms with E-state index in [1.807, 2.05) is 6.07 Å². The van der Waals surface area contributed by atoms with Gasteiger partial charge in [-0.05, 0) is 43.9 Å². The summed E-state index contributed by atoms with van der Waals surface area (Å²) >= 11 is 0. The van der Waals surface area contributed by atoms with E-state index in [1.165, 1.54) is 18.4 Å². The second kappa shape index (κ2) is 4.39. The molecule has 15 heavy (non-hydrogen) atoms. The SMILES string of the molecule is Cc1ccc(NC2CC=CCC2)c(N)c1. The smallest absolute Gasteiger partial charge is 0.0576 e. The molecule has 0 fully saturated rings. The summed E-state index contributed by atoms with van der Waals surface area (Å²) in [5.74, 6) is 0. The normalized spacial score (nSPS) is 20.2. The van der Waals surface area contributed by atoms with Crippen LogP contribution in [0.4, 0.5) is 11.4 Å². The van der Waals surface area contributed by atoms with Gasteiger partial charge in [-0.15, -0.1) is 0 Å². The molecule has 0 radical (unpaired) electrons. The Morgan fingerprint density at radius 2 is 2.20 bits per heavy atom. The Labute approximate surface area is 91.2 Å². The average Bonchev–Trinajstić information content (AvgIpc) is 2.24. The Morgan fingerprint density at radius 1 is 1.33 bits per heavy atom. The zero-order valence-corrected chi connectivity index (χ0v) is 9.16. The summed E-state index contributed by atoms with van der Waals surface area (Å²) in [5.41, 5.74) is 9.09. The van der Waals surface area contributed by atoms with Crippen LogP contribution in [0.15, 0.2) is 30.4 Å². The summed E-state index contributed by atoms with van der Waals surface area (Å²) in [5, 5.41) is 3.50. The van der Waals surface area contributed by atoms with Gasteiger partial charge in [-0.1, -0.05) is 18.2 Å². The second-order valence-corrected chi connectivity index (χ2v) is 4.22. The zero-order chi connectivity index (χ0) is 10.7. The third-order valence-electron chi connectivity index (χ3n) is 2.84. The van der Waals surface area contributed by atoms with E-state index >= 15 is 0 Å². The van der Waals surface area contributed by atoms with E-state index in [1.54, 1.807) is 0 Å². The van der Waals surface area contributed by atoms with E-state index in [9.17, 15) is 0 Å². The highest BCUT2D eigenvalue weighted by molar-refractivity contribution is 5.67. The molecular formula is C13H18N2. The van der Waals surface area contributed by atoms with Crippen molar-refractivity contribution in [3.63, 3.8) is 0 Å². The number of anilines is 2. The summed E-state index contributed by atoms with van der Waals surface area (Å²) in [6.45, 7) is 2.06. The van der Waals surface area contributed by atoms with Crippen molar-refractivity contribution >= 4 is 11.4 Å². The predicted octanol–water partition coefficient (Wildman–Crippen LogP) is 3.10. The second-order valence-electron chi connectivity index (χ2n) is 4.22. The number of nitrogens with one attached hydrogen (secondary N) is 1. The molecule has 1 aliphatic carbocycles. The van der Waals surface area contributed by atoms with Crippen molar-refractivity contribution < 1.29 is 0 Å². The van der Waals surface area contributed by atoms with Crippen LogP contribution in [-0.4, -0.2) is 6.04 Å². The number of aryl methyl sites for hydroxylation is 1. The molecule has 0 saturated carbocycles. The molecular weight excluding hydrogens is 184 g/mol. The van der Waals surface area contributed by atoms with Gasteiger partial charge in [-0.2, -0.15) is 0 Å².